The SMILES string of the molecule is C/C=C1\C(=O)N2C(C(=O)OC)=C(S/C=C/NC(C)=O)C[C@H]12. The number of carbonyl (C=O) groups is 3. The molecule has 1 N–H and O–H groups in total. The van der Waals surface area contributed by atoms with E-state index in [0.717, 1.165) is 10.5 Å². The van der Waals surface area contributed by atoms with Gasteiger partial charge in [0.05, 0.1) is 13.2 Å². The van der Waals surface area contributed by atoms with E-state index >= 15 is 0 Å². The number of β-lactam (4-membered cyclic amide) rings is 1. The van der Waals surface area contributed by atoms with E-state index in [0.29, 0.717) is 12.1 Å². The maximum absolute atomic E-state index is 12.0. The lowest BCUT2D eigenvalue weighted by atomic mass is 9.94. The highest BCUT2D eigenvalue weighted by Gasteiger charge is 2.51. The number of amides is 2. The number of thioether (sulfide) groups is 1. The van der Waals surface area contributed by atoms with Crippen LogP contribution in [0.4, 0.5) is 0 Å². The lowest BCUT2D eigenvalue weighted by Gasteiger charge is -2.38. The quantitative estimate of drug-likeness (QED) is 0.481. The molecule has 0 bridgehead atoms. The van der Waals surface area contributed by atoms with Gasteiger partial charge in [0.15, 0.2) is 0 Å². The van der Waals surface area contributed by atoms with E-state index in [1.165, 1.54) is 36.9 Å². The van der Waals surface area contributed by atoms with Gasteiger partial charge in [0, 0.05) is 30.0 Å². The van der Waals surface area contributed by atoms with E-state index in [1.54, 1.807) is 11.5 Å². The van der Waals surface area contributed by atoms with E-state index < -0.39 is 5.97 Å². The Balaban J connectivity index is 2.19. The molecule has 0 aromatic heterocycles. The summed E-state index contributed by atoms with van der Waals surface area (Å²) >= 11 is 1.30. The molecule has 1 saturated heterocycles. The summed E-state index contributed by atoms with van der Waals surface area (Å²) in [6.07, 6.45) is 3.87. The molecule has 21 heavy (non-hydrogen) atoms. The molecule has 6 nitrogen and oxygen atoms in total. The van der Waals surface area contributed by atoms with Gasteiger partial charge < -0.3 is 10.1 Å². The van der Waals surface area contributed by atoms with Gasteiger partial charge in [0.25, 0.3) is 5.91 Å². The molecule has 0 spiro atoms. The second kappa shape index (κ2) is 6.17. The minimum absolute atomic E-state index is 0.0757. The second-order valence-corrected chi connectivity index (χ2v) is 5.52. The summed E-state index contributed by atoms with van der Waals surface area (Å²) in [5, 5.41) is 4.20. The molecule has 2 rings (SSSR count). The van der Waals surface area contributed by atoms with Crippen LogP contribution in [0.15, 0.2) is 33.9 Å². The van der Waals surface area contributed by atoms with Crippen LogP contribution in [0.1, 0.15) is 20.3 Å². The van der Waals surface area contributed by atoms with Crippen molar-refractivity contribution in [3.8, 4) is 0 Å². The van der Waals surface area contributed by atoms with Crippen molar-refractivity contribution < 1.29 is 19.1 Å². The van der Waals surface area contributed by atoms with Crippen molar-refractivity contribution in [3.63, 3.8) is 0 Å². The number of hydrogen-bond acceptors (Lipinski definition) is 5. The summed E-state index contributed by atoms with van der Waals surface area (Å²) in [5.74, 6) is -0.837. The average molecular weight is 308 g/mol. The molecule has 1 atom stereocenters. The molecule has 2 aliphatic heterocycles. The van der Waals surface area contributed by atoms with Crippen LogP contribution in [-0.2, 0) is 19.1 Å². The Bertz CT molecular complexity index is 592. The van der Waals surface area contributed by atoms with Crippen molar-refractivity contribution in [2.75, 3.05) is 7.11 Å². The van der Waals surface area contributed by atoms with Crippen molar-refractivity contribution in [2.45, 2.75) is 26.3 Å². The summed E-state index contributed by atoms with van der Waals surface area (Å²) in [5.41, 5.74) is 1.02. The van der Waals surface area contributed by atoms with Crippen LogP contribution in [0.3, 0.4) is 0 Å². The minimum Gasteiger partial charge on any atom is -0.464 e. The van der Waals surface area contributed by atoms with Crippen LogP contribution < -0.4 is 5.32 Å². The maximum Gasteiger partial charge on any atom is 0.355 e. The molecule has 0 unspecified atom stereocenters. The van der Waals surface area contributed by atoms with Gasteiger partial charge in [-0.3, -0.25) is 14.5 Å². The van der Waals surface area contributed by atoms with Crippen LogP contribution in [-0.4, -0.2) is 35.8 Å². The van der Waals surface area contributed by atoms with Crippen LogP contribution >= 0.6 is 11.8 Å². The Hall–Kier alpha value is -2.02. The molecule has 1 fully saturated rings. The number of methoxy groups -OCH3 is 1. The summed E-state index contributed by atoms with van der Waals surface area (Å²) in [6, 6.07) is -0.0757. The van der Waals surface area contributed by atoms with Gasteiger partial charge in [-0.2, -0.15) is 0 Å². The van der Waals surface area contributed by atoms with Crippen LogP contribution in [0.2, 0.25) is 0 Å². The van der Waals surface area contributed by atoms with Gasteiger partial charge in [-0.1, -0.05) is 17.8 Å². The van der Waals surface area contributed by atoms with Crippen LogP contribution in [0.5, 0.6) is 0 Å². The fraction of sp³-hybridized carbons (Fsp3) is 0.357. The molecule has 0 saturated carbocycles. The van der Waals surface area contributed by atoms with Gasteiger partial charge in [-0.05, 0) is 12.3 Å². The lowest BCUT2D eigenvalue weighted by molar-refractivity contribution is -0.144. The molecular weight excluding hydrogens is 292 g/mol. The number of allylic oxidation sites excluding steroid dienone is 1. The number of nitrogens with one attached hydrogen (secondary N) is 1. The van der Waals surface area contributed by atoms with Crippen molar-refractivity contribution in [2.24, 2.45) is 0 Å². The number of esters is 1. The summed E-state index contributed by atoms with van der Waals surface area (Å²) in [4.78, 5) is 36.9. The van der Waals surface area contributed by atoms with E-state index in [1.807, 2.05) is 6.92 Å². The third-order valence-corrected chi connectivity index (χ3v) is 4.19. The highest BCUT2D eigenvalue weighted by molar-refractivity contribution is 8.05. The van der Waals surface area contributed by atoms with Crippen LogP contribution in [0.25, 0.3) is 0 Å². The molecule has 0 radical (unpaired) electrons. The van der Waals surface area contributed by atoms with Crippen molar-refractivity contribution in [1.29, 1.82) is 0 Å². The third-order valence-electron chi connectivity index (χ3n) is 3.27. The number of fused-ring (bicyclic) bond motifs is 1. The Morgan fingerprint density at radius 3 is 2.76 bits per heavy atom. The van der Waals surface area contributed by atoms with Gasteiger partial charge in [-0.15, -0.1) is 0 Å². The first-order valence-electron chi connectivity index (χ1n) is 6.41. The molecule has 2 heterocycles. The maximum atomic E-state index is 12.0. The Morgan fingerprint density at radius 1 is 1.48 bits per heavy atom. The zero-order valence-electron chi connectivity index (χ0n) is 12.0. The first-order chi connectivity index (χ1) is 10.0. The van der Waals surface area contributed by atoms with Gasteiger partial charge >= 0.3 is 5.97 Å². The van der Waals surface area contributed by atoms with Crippen molar-refractivity contribution in [1.82, 2.24) is 10.2 Å². The molecule has 0 aromatic rings. The van der Waals surface area contributed by atoms with Gasteiger partial charge in [0.2, 0.25) is 5.91 Å². The number of ether oxygens (including phenoxy) is 1. The van der Waals surface area contributed by atoms with Gasteiger partial charge in [0.1, 0.15) is 5.70 Å². The fourth-order valence-corrected chi connectivity index (χ4v) is 3.21. The largest absolute Gasteiger partial charge is 0.464 e. The third kappa shape index (κ3) is 2.73. The number of nitrogens with zero attached hydrogens (tertiary/aromatic N) is 1. The lowest BCUT2D eigenvalue weighted by Crippen LogP contribution is -2.52. The Morgan fingerprint density at radius 2 is 2.19 bits per heavy atom. The summed E-state index contributed by atoms with van der Waals surface area (Å²) in [7, 11) is 1.29. The zero-order valence-corrected chi connectivity index (χ0v) is 12.8. The van der Waals surface area contributed by atoms with Crippen molar-refractivity contribution in [3.05, 3.63) is 33.9 Å². The first-order valence-corrected chi connectivity index (χ1v) is 7.29. The standard InChI is InChI=1S/C14H16N2O4S/c1-4-9-10-7-11(21-6-5-15-8(2)17)12(14(19)20-3)16(10)13(9)18/h4-6,10H,7H2,1-3H3,(H,15,17)/b6-5+,9-4-/t10-/m1/s1. The molecule has 2 amide bonds. The highest BCUT2D eigenvalue weighted by atomic mass is 32.2. The van der Waals surface area contributed by atoms with E-state index in [-0.39, 0.29) is 17.9 Å². The molecule has 112 valence electrons. The van der Waals surface area contributed by atoms with E-state index in [9.17, 15) is 14.4 Å². The van der Waals surface area contributed by atoms with E-state index in [4.69, 9.17) is 4.74 Å². The fourth-order valence-electron chi connectivity index (χ4n) is 2.36. The Labute approximate surface area is 126 Å². The highest BCUT2D eigenvalue weighted by Crippen LogP contribution is 2.46. The summed E-state index contributed by atoms with van der Waals surface area (Å²) < 4.78 is 4.76. The summed E-state index contributed by atoms with van der Waals surface area (Å²) in [6.45, 7) is 3.22. The smallest absolute Gasteiger partial charge is 0.355 e. The molecule has 2 aliphatic rings. The molecule has 7 heteroatoms. The normalized spacial score (nSPS) is 22.6. The van der Waals surface area contributed by atoms with E-state index in [2.05, 4.69) is 5.32 Å². The topological polar surface area (TPSA) is 75.7 Å². The van der Waals surface area contributed by atoms with Crippen LogP contribution in [0, 0.1) is 0 Å². The first kappa shape index (κ1) is 15.4. The molecule has 0 aromatic carbocycles. The average Bonchev–Trinajstić information content (AvgIpc) is 2.78. The molecule has 0 aliphatic carbocycles. The second-order valence-electron chi connectivity index (χ2n) is 4.52. The Kier molecular flexibility index (Phi) is 4.52. The zero-order chi connectivity index (χ0) is 15.6. The molecular formula is C14H16N2O4S. The number of carbonyl (C=O) groups excluding carboxylic acids is 3. The van der Waals surface area contributed by atoms with Crippen molar-refractivity contribution >= 4 is 29.5 Å². The minimum atomic E-state index is -0.517. The monoisotopic (exact) mass is 308 g/mol. The van der Waals surface area contributed by atoms with Gasteiger partial charge in [-0.25, -0.2) is 4.79 Å². The predicted octanol–water partition coefficient (Wildman–Crippen LogP) is 1.27. The number of rotatable bonds is 4. The predicted molar refractivity (Wildman–Crippen MR) is 78.6 cm³/mol. The number of hydrogen-bond donors (Lipinski definition) is 1.